The summed E-state index contributed by atoms with van der Waals surface area (Å²) in [5, 5.41) is 0. The molecule has 2 rings (SSSR count). The SMILES string of the molecule is NC1CCCN(c2c(Br)cccc2Br)C1. The Morgan fingerprint density at radius 1 is 1.27 bits per heavy atom. The van der Waals surface area contributed by atoms with Crippen LogP contribution in [0.5, 0.6) is 0 Å². The van der Waals surface area contributed by atoms with Gasteiger partial charge in [0.2, 0.25) is 0 Å². The molecule has 0 amide bonds. The number of nitrogens with two attached hydrogens (primary N) is 1. The Labute approximate surface area is 107 Å². The van der Waals surface area contributed by atoms with Crippen LogP contribution >= 0.6 is 31.9 Å². The number of rotatable bonds is 1. The first-order valence-electron chi connectivity index (χ1n) is 5.13. The van der Waals surface area contributed by atoms with Crippen LogP contribution in [0.3, 0.4) is 0 Å². The topological polar surface area (TPSA) is 29.3 Å². The van der Waals surface area contributed by atoms with Crippen molar-refractivity contribution in [2.24, 2.45) is 5.73 Å². The van der Waals surface area contributed by atoms with Gasteiger partial charge in [0, 0.05) is 28.1 Å². The normalized spacial score (nSPS) is 21.8. The lowest BCUT2D eigenvalue weighted by Crippen LogP contribution is -2.43. The minimum atomic E-state index is 0.303. The van der Waals surface area contributed by atoms with Gasteiger partial charge in [0.1, 0.15) is 0 Å². The van der Waals surface area contributed by atoms with Crippen molar-refractivity contribution >= 4 is 37.5 Å². The molecule has 1 unspecified atom stereocenters. The predicted molar refractivity (Wildman–Crippen MR) is 71.3 cm³/mol. The lowest BCUT2D eigenvalue weighted by Gasteiger charge is -2.33. The molecule has 1 atom stereocenters. The van der Waals surface area contributed by atoms with E-state index >= 15 is 0 Å². The number of piperidine rings is 1. The van der Waals surface area contributed by atoms with Gasteiger partial charge in [-0.2, -0.15) is 0 Å². The van der Waals surface area contributed by atoms with Gasteiger partial charge in [-0.05, 0) is 56.8 Å². The van der Waals surface area contributed by atoms with Crippen molar-refractivity contribution in [3.8, 4) is 0 Å². The van der Waals surface area contributed by atoms with Gasteiger partial charge in [-0.1, -0.05) is 6.07 Å². The number of halogens is 2. The Bertz CT molecular complexity index is 334. The Morgan fingerprint density at radius 3 is 2.53 bits per heavy atom. The van der Waals surface area contributed by atoms with Crippen LogP contribution in [0.4, 0.5) is 5.69 Å². The van der Waals surface area contributed by atoms with Crippen LogP contribution in [0.2, 0.25) is 0 Å². The number of nitrogens with zero attached hydrogens (tertiary/aromatic N) is 1. The van der Waals surface area contributed by atoms with Crippen LogP contribution in [0.15, 0.2) is 27.1 Å². The summed E-state index contributed by atoms with van der Waals surface area (Å²) >= 11 is 7.18. The highest BCUT2D eigenvalue weighted by Gasteiger charge is 2.20. The van der Waals surface area contributed by atoms with Crippen LogP contribution < -0.4 is 10.6 Å². The summed E-state index contributed by atoms with van der Waals surface area (Å²) in [5.41, 5.74) is 7.22. The lowest BCUT2D eigenvalue weighted by atomic mass is 10.1. The summed E-state index contributed by atoms with van der Waals surface area (Å²) in [6.07, 6.45) is 2.31. The van der Waals surface area contributed by atoms with Crippen molar-refractivity contribution < 1.29 is 0 Å². The van der Waals surface area contributed by atoms with Crippen molar-refractivity contribution in [3.05, 3.63) is 27.1 Å². The van der Waals surface area contributed by atoms with E-state index in [1.807, 2.05) is 6.07 Å². The third-order valence-electron chi connectivity index (χ3n) is 2.71. The highest BCUT2D eigenvalue weighted by Crippen LogP contribution is 2.35. The molecule has 1 aliphatic rings. The molecule has 0 spiro atoms. The Balaban J connectivity index is 2.28. The number of benzene rings is 1. The standard InChI is InChI=1S/C11H14Br2N2/c12-9-4-1-5-10(13)11(9)15-6-2-3-8(14)7-15/h1,4-5,8H,2-3,6-7,14H2. The zero-order valence-corrected chi connectivity index (χ0v) is 11.6. The van der Waals surface area contributed by atoms with E-state index in [1.54, 1.807) is 0 Å². The zero-order valence-electron chi connectivity index (χ0n) is 8.42. The fourth-order valence-electron chi connectivity index (χ4n) is 2.00. The van der Waals surface area contributed by atoms with Crippen LogP contribution in [0, 0.1) is 0 Å². The van der Waals surface area contributed by atoms with E-state index < -0.39 is 0 Å². The van der Waals surface area contributed by atoms with Gasteiger partial charge in [0.15, 0.2) is 0 Å². The Kier molecular flexibility index (Phi) is 3.69. The Morgan fingerprint density at radius 2 is 1.93 bits per heavy atom. The Hall–Kier alpha value is -0.0600. The molecule has 4 heteroatoms. The molecule has 1 aromatic carbocycles. The zero-order chi connectivity index (χ0) is 10.8. The minimum Gasteiger partial charge on any atom is -0.368 e. The summed E-state index contributed by atoms with van der Waals surface area (Å²) in [6, 6.07) is 6.47. The first kappa shape index (κ1) is 11.4. The van der Waals surface area contributed by atoms with Crippen molar-refractivity contribution in [1.29, 1.82) is 0 Å². The summed E-state index contributed by atoms with van der Waals surface area (Å²) in [7, 11) is 0. The second kappa shape index (κ2) is 4.85. The highest BCUT2D eigenvalue weighted by atomic mass is 79.9. The summed E-state index contributed by atoms with van der Waals surface area (Å²) in [4.78, 5) is 2.35. The second-order valence-electron chi connectivity index (χ2n) is 3.92. The van der Waals surface area contributed by atoms with Crippen molar-refractivity contribution in [2.75, 3.05) is 18.0 Å². The van der Waals surface area contributed by atoms with E-state index in [0.717, 1.165) is 28.5 Å². The van der Waals surface area contributed by atoms with E-state index in [1.165, 1.54) is 12.1 Å². The van der Waals surface area contributed by atoms with Gasteiger partial charge >= 0.3 is 0 Å². The molecule has 1 aromatic rings. The summed E-state index contributed by atoms with van der Waals surface area (Å²) < 4.78 is 2.26. The fraction of sp³-hybridized carbons (Fsp3) is 0.455. The maximum Gasteiger partial charge on any atom is 0.0655 e. The first-order valence-corrected chi connectivity index (χ1v) is 6.71. The van der Waals surface area contributed by atoms with E-state index in [4.69, 9.17) is 5.73 Å². The van der Waals surface area contributed by atoms with Gasteiger partial charge in [-0.15, -0.1) is 0 Å². The van der Waals surface area contributed by atoms with E-state index in [0.29, 0.717) is 6.04 Å². The number of anilines is 1. The first-order chi connectivity index (χ1) is 7.18. The third kappa shape index (κ3) is 2.55. The molecule has 1 fully saturated rings. The lowest BCUT2D eigenvalue weighted by molar-refractivity contribution is 0.505. The molecule has 0 saturated carbocycles. The van der Waals surface area contributed by atoms with Crippen LogP contribution in [0.1, 0.15) is 12.8 Å². The van der Waals surface area contributed by atoms with Gasteiger partial charge in [0.25, 0.3) is 0 Å². The molecular weight excluding hydrogens is 320 g/mol. The molecule has 82 valence electrons. The van der Waals surface area contributed by atoms with Gasteiger partial charge in [0.05, 0.1) is 5.69 Å². The monoisotopic (exact) mass is 332 g/mol. The van der Waals surface area contributed by atoms with Gasteiger partial charge in [-0.3, -0.25) is 0 Å². The molecule has 0 aromatic heterocycles. The summed E-state index contributed by atoms with van der Waals surface area (Å²) in [5.74, 6) is 0. The van der Waals surface area contributed by atoms with Gasteiger partial charge < -0.3 is 10.6 Å². The van der Waals surface area contributed by atoms with Crippen LogP contribution in [-0.2, 0) is 0 Å². The molecule has 1 aliphatic heterocycles. The molecule has 1 saturated heterocycles. The number of hydrogen-bond acceptors (Lipinski definition) is 2. The molecule has 2 N–H and O–H groups in total. The smallest absolute Gasteiger partial charge is 0.0655 e. The molecule has 1 heterocycles. The molecule has 0 radical (unpaired) electrons. The quantitative estimate of drug-likeness (QED) is 0.855. The largest absolute Gasteiger partial charge is 0.368 e. The van der Waals surface area contributed by atoms with Gasteiger partial charge in [-0.25, -0.2) is 0 Å². The summed E-state index contributed by atoms with van der Waals surface area (Å²) in [6.45, 7) is 2.04. The molecule has 0 bridgehead atoms. The average molecular weight is 334 g/mol. The highest BCUT2D eigenvalue weighted by molar-refractivity contribution is 9.11. The fourth-order valence-corrected chi connectivity index (χ4v) is 3.50. The minimum absolute atomic E-state index is 0.303. The van der Waals surface area contributed by atoms with E-state index in [-0.39, 0.29) is 0 Å². The number of para-hydroxylation sites is 1. The maximum absolute atomic E-state index is 5.99. The predicted octanol–water partition coefficient (Wildman–Crippen LogP) is 3.14. The number of hydrogen-bond donors (Lipinski definition) is 1. The molecule has 15 heavy (non-hydrogen) atoms. The third-order valence-corrected chi connectivity index (χ3v) is 3.99. The molecule has 2 nitrogen and oxygen atoms in total. The second-order valence-corrected chi connectivity index (χ2v) is 5.63. The van der Waals surface area contributed by atoms with Crippen molar-refractivity contribution in [2.45, 2.75) is 18.9 Å². The molecular formula is C11H14Br2N2. The van der Waals surface area contributed by atoms with Crippen LogP contribution in [0.25, 0.3) is 0 Å². The van der Waals surface area contributed by atoms with E-state index in [2.05, 4.69) is 48.9 Å². The van der Waals surface area contributed by atoms with E-state index in [9.17, 15) is 0 Å². The molecule has 0 aliphatic carbocycles. The maximum atomic E-state index is 5.99. The average Bonchev–Trinajstić information content (AvgIpc) is 2.17. The van der Waals surface area contributed by atoms with Crippen molar-refractivity contribution in [3.63, 3.8) is 0 Å². The van der Waals surface area contributed by atoms with Crippen LogP contribution in [-0.4, -0.2) is 19.1 Å². The van der Waals surface area contributed by atoms with Crippen molar-refractivity contribution in [1.82, 2.24) is 0 Å².